The fraction of sp³-hybridized carbons (Fsp3) is 0.778. The van der Waals surface area contributed by atoms with Crippen molar-refractivity contribution in [2.45, 2.75) is 6.04 Å². The largest absolute Gasteiger partial charge is 0.314 e. The summed E-state index contributed by atoms with van der Waals surface area (Å²) < 4.78 is 0. The third-order valence-corrected chi connectivity index (χ3v) is 2.43. The van der Waals surface area contributed by atoms with Crippen LogP contribution < -0.4 is 10.6 Å². The van der Waals surface area contributed by atoms with Gasteiger partial charge in [0.25, 0.3) is 0 Å². The molecule has 2 aliphatic heterocycles. The van der Waals surface area contributed by atoms with Crippen molar-refractivity contribution in [1.82, 2.24) is 15.5 Å². The van der Waals surface area contributed by atoms with E-state index in [1.165, 1.54) is 39.3 Å². The van der Waals surface area contributed by atoms with Gasteiger partial charge in [0.15, 0.2) is 0 Å². The molecular formula is C9H19N3. The van der Waals surface area contributed by atoms with E-state index in [-0.39, 0.29) is 0 Å². The van der Waals surface area contributed by atoms with Crippen molar-refractivity contribution in [3.63, 3.8) is 0 Å². The molecule has 0 spiro atoms. The number of nitrogens with one attached hydrogen (secondary N) is 2. The second-order valence-electron chi connectivity index (χ2n) is 3.10. The van der Waals surface area contributed by atoms with E-state index in [9.17, 15) is 0 Å². The lowest BCUT2D eigenvalue weighted by Gasteiger charge is -2.40. The van der Waals surface area contributed by atoms with Crippen LogP contribution in [0.5, 0.6) is 0 Å². The maximum Gasteiger partial charge on any atom is 0.0346 e. The van der Waals surface area contributed by atoms with Crippen LogP contribution in [0, 0.1) is 0 Å². The van der Waals surface area contributed by atoms with Crippen molar-refractivity contribution < 1.29 is 0 Å². The summed E-state index contributed by atoms with van der Waals surface area (Å²) in [6.07, 6.45) is 0. The Balaban J connectivity index is 0.000000336. The van der Waals surface area contributed by atoms with E-state index in [0.29, 0.717) is 0 Å². The molecule has 3 heteroatoms. The van der Waals surface area contributed by atoms with Crippen LogP contribution in [0.15, 0.2) is 13.2 Å². The molecule has 2 aliphatic rings. The predicted molar refractivity (Wildman–Crippen MR) is 52.4 cm³/mol. The Morgan fingerprint density at radius 3 is 2.00 bits per heavy atom. The molecule has 0 unspecified atom stereocenters. The van der Waals surface area contributed by atoms with E-state index in [1.807, 2.05) is 0 Å². The average Bonchev–Trinajstić information content (AvgIpc) is 2.07. The van der Waals surface area contributed by atoms with Gasteiger partial charge in [0, 0.05) is 45.3 Å². The van der Waals surface area contributed by atoms with E-state index in [4.69, 9.17) is 0 Å². The molecule has 0 aromatic rings. The minimum absolute atomic E-state index is 0.849. The van der Waals surface area contributed by atoms with E-state index < -0.39 is 0 Å². The molecule has 0 bridgehead atoms. The molecule has 0 aliphatic carbocycles. The van der Waals surface area contributed by atoms with Crippen LogP contribution in [0.3, 0.4) is 0 Å². The highest BCUT2D eigenvalue weighted by Gasteiger charge is 2.24. The molecule has 2 heterocycles. The summed E-state index contributed by atoms with van der Waals surface area (Å²) >= 11 is 0. The summed E-state index contributed by atoms with van der Waals surface area (Å²) in [7, 11) is 0. The van der Waals surface area contributed by atoms with Gasteiger partial charge >= 0.3 is 0 Å². The third kappa shape index (κ3) is 2.30. The van der Waals surface area contributed by atoms with E-state index in [1.54, 1.807) is 0 Å². The highest BCUT2D eigenvalue weighted by atomic mass is 15.3. The Morgan fingerprint density at radius 1 is 1.00 bits per heavy atom. The van der Waals surface area contributed by atoms with E-state index >= 15 is 0 Å². The van der Waals surface area contributed by atoms with Crippen molar-refractivity contribution in [2.24, 2.45) is 0 Å². The second-order valence-corrected chi connectivity index (χ2v) is 3.10. The summed E-state index contributed by atoms with van der Waals surface area (Å²) in [4.78, 5) is 2.58. The lowest BCUT2D eigenvalue weighted by molar-refractivity contribution is 0.129. The molecule has 0 aromatic carbocycles. The van der Waals surface area contributed by atoms with Crippen LogP contribution in [-0.4, -0.2) is 50.2 Å². The summed E-state index contributed by atoms with van der Waals surface area (Å²) in [5.74, 6) is 0. The predicted octanol–water partition coefficient (Wildman–Crippen LogP) is -0.334. The molecule has 0 atom stereocenters. The first kappa shape index (κ1) is 9.71. The van der Waals surface area contributed by atoms with Crippen LogP contribution in [0.25, 0.3) is 0 Å². The maximum atomic E-state index is 3.36. The van der Waals surface area contributed by atoms with Gasteiger partial charge in [-0.1, -0.05) is 0 Å². The Hall–Kier alpha value is -0.380. The van der Waals surface area contributed by atoms with Gasteiger partial charge in [-0.05, 0) is 0 Å². The van der Waals surface area contributed by atoms with Gasteiger partial charge in [-0.3, -0.25) is 4.90 Å². The smallest absolute Gasteiger partial charge is 0.0346 e. The topological polar surface area (TPSA) is 27.3 Å². The molecule has 12 heavy (non-hydrogen) atoms. The third-order valence-electron chi connectivity index (χ3n) is 2.43. The molecule has 0 radical (unpaired) electrons. The van der Waals surface area contributed by atoms with Gasteiger partial charge in [-0.25, -0.2) is 0 Å². The zero-order valence-electron chi connectivity index (χ0n) is 7.68. The van der Waals surface area contributed by atoms with Crippen molar-refractivity contribution in [3.05, 3.63) is 13.2 Å². The van der Waals surface area contributed by atoms with Crippen molar-refractivity contribution in [2.75, 3.05) is 39.3 Å². The Morgan fingerprint density at radius 2 is 1.58 bits per heavy atom. The van der Waals surface area contributed by atoms with Crippen LogP contribution in [0.4, 0.5) is 0 Å². The first-order valence-corrected chi connectivity index (χ1v) is 4.62. The summed E-state index contributed by atoms with van der Waals surface area (Å²) in [6.45, 7) is 13.3. The summed E-state index contributed by atoms with van der Waals surface area (Å²) in [5.41, 5.74) is 0. The molecule has 70 valence electrons. The van der Waals surface area contributed by atoms with E-state index in [2.05, 4.69) is 28.7 Å². The molecule has 0 saturated carbocycles. The minimum Gasteiger partial charge on any atom is -0.314 e. The van der Waals surface area contributed by atoms with Gasteiger partial charge in [0.1, 0.15) is 0 Å². The number of hydrogen-bond acceptors (Lipinski definition) is 3. The molecule has 2 saturated heterocycles. The summed E-state index contributed by atoms with van der Waals surface area (Å²) in [6, 6.07) is 0.849. The van der Waals surface area contributed by atoms with Crippen LogP contribution in [0.1, 0.15) is 0 Å². The lowest BCUT2D eigenvalue weighted by Crippen LogP contribution is -2.61. The first-order chi connectivity index (χ1) is 5.97. The van der Waals surface area contributed by atoms with E-state index in [0.717, 1.165) is 6.04 Å². The maximum absolute atomic E-state index is 3.36. The van der Waals surface area contributed by atoms with Crippen molar-refractivity contribution >= 4 is 0 Å². The average molecular weight is 169 g/mol. The fourth-order valence-corrected chi connectivity index (χ4v) is 1.58. The van der Waals surface area contributed by atoms with Crippen LogP contribution >= 0.6 is 0 Å². The highest BCUT2D eigenvalue weighted by Crippen LogP contribution is 2.04. The van der Waals surface area contributed by atoms with Crippen molar-refractivity contribution in [1.29, 1.82) is 0 Å². The van der Waals surface area contributed by atoms with Gasteiger partial charge < -0.3 is 10.6 Å². The van der Waals surface area contributed by atoms with Gasteiger partial charge in [0.2, 0.25) is 0 Å². The first-order valence-electron chi connectivity index (χ1n) is 4.62. The minimum atomic E-state index is 0.849. The lowest BCUT2D eigenvalue weighted by atomic mass is 10.1. The fourth-order valence-electron chi connectivity index (χ4n) is 1.58. The zero-order valence-corrected chi connectivity index (χ0v) is 7.68. The van der Waals surface area contributed by atoms with Crippen LogP contribution in [0.2, 0.25) is 0 Å². The standard InChI is InChI=1S/C7H15N3.C2H4/c1-3-10(4-2-8-1)7-5-9-6-7;1-2/h7-9H,1-6H2;1-2H2. The zero-order chi connectivity index (χ0) is 8.81. The molecule has 0 aromatic heterocycles. The molecule has 2 fully saturated rings. The molecule has 2 rings (SSSR count). The van der Waals surface area contributed by atoms with Gasteiger partial charge in [-0.15, -0.1) is 13.2 Å². The van der Waals surface area contributed by atoms with Gasteiger partial charge in [0.05, 0.1) is 0 Å². The Kier molecular flexibility index (Phi) is 4.29. The monoisotopic (exact) mass is 169 g/mol. The van der Waals surface area contributed by atoms with Crippen molar-refractivity contribution in [3.8, 4) is 0 Å². The number of nitrogens with zero attached hydrogens (tertiary/aromatic N) is 1. The van der Waals surface area contributed by atoms with Gasteiger partial charge in [-0.2, -0.15) is 0 Å². The normalized spacial score (nSPS) is 25.3. The molecular weight excluding hydrogens is 150 g/mol. The SMILES string of the molecule is C1CN(C2CNC2)CCN1.C=C. The molecule has 3 nitrogen and oxygen atoms in total. The quantitative estimate of drug-likeness (QED) is 0.526. The van der Waals surface area contributed by atoms with Crippen LogP contribution in [-0.2, 0) is 0 Å². The summed E-state index contributed by atoms with van der Waals surface area (Å²) in [5, 5.41) is 6.65. The highest BCUT2D eigenvalue weighted by molar-refractivity contribution is 4.86. The second kappa shape index (κ2) is 5.30. The Bertz CT molecular complexity index is 117. The Labute approximate surface area is 74.8 Å². The number of rotatable bonds is 1. The molecule has 0 amide bonds. The number of piperazine rings is 1. The number of hydrogen-bond donors (Lipinski definition) is 2. The molecule has 2 N–H and O–H groups in total.